The molecule has 0 spiro atoms. The van der Waals surface area contributed by atoms with Gasteiger partial charge in [-0.25, -0.2) is 17.9 Å². The van der Waals surface area contributed by atoms with Gasteiger partial charge in [0.15, 0.2) is 27.6 Å². The minimum atomic E-state index is -2.98. The van der Waals surface area contributed by atoms with Crippen LogP contribution in [0.3, 0.4) is 0 Å². The lowest BCUT2D eigenvalue weighted by Crippen LogP contribution is -2.24. The highest BCUT2D eigenvalue weighted by Crippen LogP contribution is 2.26. The highest BCUT2D eigenvalue weighted by Gasteiger charge is 2.28. The van der Waals surface area contributed by atoms with Crippen LogP contribution in [0.1, 0.15) is 34.9 Å². The Morgan fingerprint density at radius 1 is 1.37 bits per heavy atom. The number of aromatic nitrogens is 3. The van der Waals surface area contributed by atoms with Crippen molar-refractivity contribution in [2.45, 2.75) is 18.8 Å². The first kappa shape index (κ1) is 12.3. The molecule has 100 valence electrons. The fourth-order valence-electron chi connectivity index (χ4n) is 2.39. The molecule has 0 radical (unpaired) electrons. The van der Waals surface area contributed by atoms with Crippen molar-refractivity contribution in [2.24, 2.45) is 0 Å². The number of hydrogen-bond donors (Lipinski definition) is 0. The van der Waals surface area contributed by atoms with Gasteiger partial charge in [-0.05, 0) is 25.0 Å². The zero-order chi connectivity index (χ0) is 13.5. The van der Waals surface area contributed by atoms with Gasteiger partial charge in [0.05, 0.1) is 11.5 Å². The highest BCUT2D eigenvalue weighted by molar-refractivity contribution is 7.91. The molecule has 0 amide bonds. The number of rotatable bonds is 2. The number of carbonyl (C=O) groups excluding carboxylic acids is 1. The van der Waals surface area contributed by atoms with Crippen LogP contribution in [0.25, 0.3) is 5.65 Å². The smallest absolute Gasteiger partial charge is 0.155 e. The third-order valence-corrected chi connectivity index (χ3v) is 5.16. The molecular formula is C12H13N3O3S. The van der Waals surface area contributed by atoms with Gasteiger partial charge in [-0.15, -0.1) is 0 Å². The first-order chi connectivity index (χ1) is 9.07. The molecule has 1 unspecified atom stereocenters. The van der Waals surface area contributed by atoms with Gasteiger partial charge in [-0.2, -0.15) is 5.10 Å². The van der Waals surface area contributed by atoms with Crippen LogP contribution in [0.15, 0.2) is 18.3 Å². The summed E-state index contributed by atoms with van der Waals surface area (Å²) in [6.45, 7) is 0. The summed E-state index contributed by atoms with van der Waals surface area (Å²) in [6, 6.07) is 3.37. The molecule has 3 rings (SSSR count). The van der Waals surface area contributed by atoms with E-state index in [4.69, 9.17) is 0 Å². The predicted octanol–water partition coefficient (Wildman–Crippen LogP) is 0.834. The Morgan fingerprint density at radius 3 is 2.95 bits per heavy atom. The zero-order valence-electron chi connectivity index (χ0n) is 10.2. The maximum Gasteiger partial charge on any atom is 0.155 e. The van der Waals surface area contributed by atoms with Gasteiger partial charge < -0.3 is 0 Å². The summed E-state index contributed by atoms with van der Waals surface area (Å²) in [6.07, 6.45) is 3.78. The van der Waals surface area contributed by atoms with Crippen molar-refractivity contribution >= 4 is 21.8 Å². The second-order valence-corrected chi connectivity index (χ2v) is 7.04. The third-order valence-electron chi connectivity index (χ3n) is 3.33. The highest BCUT2D eigenvalue weighted by atomic mass is 32.2. The number of sulfone groups is 1. The number of pyridine rings is 1. The summed E-state index contributed by atoms with van der Waals surface area (Å²) in [5.74, 6) is 0.779. The summed E-state index contributed by atoms with van der Waals surface area (Å²) in [4.78, 5) is 15.1. The second kappa shape index (κ2) is 4.41. The summed E-state index contributed by atoms with van der Waals surface area (Å²) < 4.78 is 24.8. The van der Waals surface area contributed by atoms with Gasteiger partial charge in [0.2, 0.25) is 0 Å². The van der Waals surface area contributed by atoms with E-state index in [2.05, 4.69) is 10.1 Å². The molecule has 7 heteroatoms. The van der Waals surface area contributed by atoms with E-state index in [1.165, 1.54) is 4.52 Å². The van der Waals surface area contributed by atoms with Crippen LogP contribution in [0.2, 0.25) is 0 Å². The number of hydrogen-bond acceptors (Lipinski definition) is 5. The molecule has 1 aliphatic heterocycles. The molecule has 1 fully saturated rings. The van der Waals surface area contributed by atoms with E-state index in [1.807, 2.05) is 0 Å². The number of fused-ring (bicyclic) bond motifs is 1. The second-order valence-electron chi connectivity index (χ2n) is 4.81. The molecule has 0 aliphatic carbocycles. The molecule has 0 aromatic carbocycles. The first-order valence-electron chi connectivity index (χ1n) is 6.09. The van der Waals surface area contributed by atoms with Crippen molar-refractivity contribution in [2.75, 3.05) is 11.5 Å². The van der Waals surface area contributed by atoms with Gasteiger partial charge in [-0.1, -0.05) is 0 Å². The van der Waals surface area contributed by atoms with E-state index in [0.717, 1.165) is 12.7 Å². The molecule has 0 saturated carbocycles. The quantitative estimate of drug-likeness (QED) is 0.761. The van der Waals surface area contributed by atoms with Gasteiger partial charge >= 0.3 is 0 Å². The van der Waals surface area contributed by atoms with Gasteiger partial charge in [-0.3, -0.25) is 4.79 Å². The molecular weight excluding hydrogens is 266 g/mol. The summed E-state index contributed by atoms with van der Waals surface area (Å²) >= 11 is 0. The molecule has 1 atom stereocenters. The topological polar surface area (TPSA) is 81.4 Å². The Balaban J connectivity index is 1.99. The van der Waals surface area contributed by atoms with Crippen LogP contribution in [0.5, 0.6) is 0 Å². The molecule has 2 aromatic heterocycles. The molecule has 2 aromatic rings. The van der Waals surface area contributed by atoms with E-state index in [1.54, 1.807) is 18.3 Å². The lowest BCUT2D eigenvalue weighted by molar-refractivity contribution is 0.112. The van der Waals surface area contributed by atoms with Crippen LogP contribution in [0, 0.1) is 0 Å². The van der Waals surface area contributed by atoms with E-state index < -0.39 is 9.84 Å². The lowest BCUT2D eigenvalue weighted by Gasteiger charge is -2.18. The van der Waals surface area contributed by atoms with Gasteiger partial charge in [0.25, 0.3) is 0 Å². The summed E-state index contributed by atoms with van der Waals surface area (Å²) in [5.41, 5.74) is 1.14. The van der Waals surface area contributed by atoms with Crippen LogP contribution >= 0.6 is 0 Å². The summed E-state index contributed by atoms with van der Waals surface area (Å²) in [5, 5.41) is 4.29. The molecule has 0 N–H and O–H groups in total. The maximum absolute atomic E-state index is 11.6. The average molecular weight is 279 g/mol. The van der Waals surface area contributed by atoms with Crippen LogP contribution in [-0.4, -0.2) is 40.8 Å². The minimum Gasteiger partial charge on any atom is -0.298 e. The largest absolute Gasteiger partial charge is 0.298 e. The standard InChI is InChI=1S/C12H13N3O3S/c16-7-9-3-4-11-13-12(14-15(11)6-9)10-2-1-5-19(17,18)8-10/h3-4,6-7,10H,1-2,5,8H2. The fraction of sp³-hybridized carbons (Fsp3) is 0.417. The van der Waals surface area contributed by atoms with E-state index in [-0.39, 0.29) is 17.4 Å². The Bertz CT molecular complexity index is 736. The van der Waals surface area contributed by atoms with Crippen LogP contribution in [-0.2, 0) is 9.84 Å². The van der Waals surface area contributed by atoms with E-state index >= 15 is 0 Å². The van der Waals surface area contributed by atoms with Crippen molar-refractivity contribution in [3.63, 3.8) is 0 Å². The maximum atomic E-state index is 11.6. The van der Waals surface area contributed by atoms with Crippen LogP contribution < -0.4 is 0 Å². The number of nitrogens with zero attached hydrogens (tertiary/aromatic N) is 3. The monoisotopic (exact) mass is 279 g/mol. The Morgan fingerprint density at radius 2 is 2.21 bits per heavy atom. The summed E-state index contributed by atoms with van der Waals surface area (Å²) in [7, 11) is -2.98. The Labute approximate surface area is 110 Å². The first-order valence-corrected chi connectivity index (χ1v) is 7.91. The van der Waals surface area contributed by atoms with Crippen molar-refractivity contribution < 1.29 is 13.2 Å². The van der Waals surface area contributed by atoms with E-state index in [0.29, 0.717) is 23.5 Å². The molecule has 0 bridgehead atoms. The minimum absolute atomic E-state index is 0.115. The van der Waals surface area contributed by atoms with E-state index in [9.17, 15) is 13.2 Å². The average Bonchev–Trinajstić information content (AvgIpc) is 2.80. The van der Waals surface area contributed by atoms with Crippen molar-refractivity contribution in [1.82, 2.24) is 14.6 Å². The van der Waals surface area contributed by atoms with Crippen molar-refractivity contribution in [3.8, 4) is 0 Å². The third kappa shape index (κ3) is 2.37. The fourth-order valence-corrected chi connectivity index (χ4v) is 4.09. The Hall–Kier alpha value is -1.76. The molecule has 1 saturated heterocycles. The Kier molecular flexibility index (Phi) is 2.85. The normalized spacial score (nSPS) is 22.4. The molecule has 6 nitrogen and oxygen atoms in total. The SMILES string of the molecule is O=Cc1ccc2nc(C3CCCS(=O)(=O)C3)nn2c1. The van der Waals surface area contributed by atoms with Gasteiger partial charge in [0.1, 0.15) is 0 Å². The molecule has 19 heavy (non-hydrogen) atoms. The van der Waals surface area contributed by atoms with Gasteiger partial charge in [0, 0.05) is 17.7 Å². The molecule has 1 aliphatic rings. The zero-order valence-corrected chi connectivity index (χ0v) is 11.0. The van der Waals surface area contributed by atoms with Crippen molar-refractivity contribution in [3.05, 3.63) is 29.7 Å². The predicted molar refractivity (Wildman–Crippen MR) is 69.0 cm³/mol. The molecule has 3 heterocycles. The van der Waals surface area contributed by atoms with Crippen LogP contribution in [0.4, 0.5) is 0 Å². The lowest BCUT2D eigenvalue weighted by atomic mass is 10.1. The number of carbonyl (C=O) groups is 1. The number of aldehydes is 1. The van der Waals surface area contributed by atoms with Crippen molar-refractivity contribution in [1.29, 1.82) is 0 Å².